The van der Waals surface area contributed by atoms with Crippen LogP contribution in [-0.2, 0) is 0 Å². The smallest absolute Gasteiger partial charge is 0.0299 e. The van der Waals surface area contributed by atoms with Gasteiger partial charge in [-0.15, -0.1) is 0 Å². The molecule has 1 aliphatic heterocycles. The van der Waals surface area contributed by atoms with Crippen LogP contribution in [0.1, 0.15) is 39.5 Å². The van der Waals surface area contributed by atoms with E-state index < -0.39 is 0 Å². The van der Waals surface area contributed by atoms with Gasteiger partial charge in [0.2, 0.25) is 0 Å². The predicted molar refractivity (Wildman–Crippen MR) is 62.5 cm³/mol. The third-order valence-electron chi connectivity index (χ3n) is 3.03. The van der Waals surface area contributed by atoms with Crippen molar-refractivity contribution in [2.75, 3.05) is 19.6 Å². The Bertz CT molecular complexity index is 138. The highest BCUT2D eigenvalue weighted by Crippen LogP contribution is 2.23. The molecule has 0 aromatic carbocycles. The molecule has 0 aromatic rings. The van der Waals surface area contributed by atoms with Gasteiger partial charge in [0.15, 0.2) is 0 Å². The van der Waals surface area contributed by atoms with Crippen LogP contribution in [0, 0.1) is 5.92 Å². The van der Waals surface area contributed by atoms with Crippen molar-refractivity contribution >= 4 is 15.9 Å². The second kappa shape index (κ2) is 6.02. The van der Waals surface area contributed by atoms with Crippen LogP contribution >= 0.6 is 15.9 Å². The summed E-state index contributed by atoms with van der Waals surface area (Å²) in [6.07, 6.45) is 5.47. The van der Waals surface area contributed by atoms with E-state index in [0.29, 0.717) is 0 Å². The van der Waals surface area contributed by atoms with E-state index in [4.69, 9.17) is 0 Å². The number of piperidine rings is 1. The largest absolute Gasteiger partial charge is 0.302 e. The second-order valence-corrected chi connectivity index (χ2v) is 5.47. The number of unbranched alkanes of at least 4 members (excludes halogenated alkanes) is 2. The van der Waals surface area contributed by atoms with Crippen molar-refractivity contribution in [3.63, 3.8) is 0 Å². The zero-order chi connectivity index (χ0) is 9.68. The van der Waals surface area contributed by atoms with Crippen molar-refractivity contribution in [3.05, 3.63) is 0 Å². The van der Waals surface area contributed by atoms with Gasteiger partial charge in [0, 0.05) is 11.4 Å². The Kier molecular flexibility index (Phi) is 5.34. The molecule has 0 aromatic heterocycles. The molecule has 2 heteroatoms. The Labute approximate surface area is 91.0 Å². The van der Waals surface area contributed by atoms with Gasteiger partial charge in [-0.25, -0.2) is 0 Å². The van der Waals surface area contributed by atoms with Gasteiger partial charge >= 0.3 is 0 Å². The molecule has 1 fully saturated rings. The quantitative estimate of drug-likeness (QED) is 0.545. The Morgan fingerprint density at radius 1 is 1.38 bits per heavy atom. The highest BCUT2D eigenvalue weighted by atomic mass is 79.9. The van der Waals surface area contributed by atoms with Gasteiger partial charge in [0.05, 0.1) is 0 Å². The highest BCUT2D eigenvalue weighted by molar-refractivity contribution is 9.09. The Balaban J connectivity index is 2.14. The maximum absolute atomic E-state index is 3.76. The molecule has 1 heterocycles. The summed E-state index contributed by atoms with van der Waals surface area (Å²) in [5.74, 6) is 0.863. The number of nitrogens with zero attached hydrogens (tertiary/aromatic N) is 1. The lowest BCUT2D eigenvalue weighted by molar-refractivity contribution is 0.198. The summed E-state index contributed by atoms with van der Waals surface area (Å²) in [6, 6.07) is 0. The molecule has 1 aliphatic rings. The molecular formula is C11H22BrN. The van der Waals surface area contributed by atoms with Gasteiger partial charge in [-0.2, -0.15) is 0 Å². The molecule has 0 radical (unpaired) electrons. The zero-order valence-electron chi connectivity index (χ0n) is 8.93. The van der Waals surface area contributed by atoms with E-state index in [2.05, 4.69) is 34.7 Å². The monoisotopic (exact) mass is 247 g/mol. The average molecular weight is 248 g/mol. The first-order valence-electron chi connectivity index (χ1n) is 5.60. The molecule has 1 saturated heterocycles. The van der Waals surface area contributed by atoms with Crippen LogP contribution in [0.3, 0.4) is 0 Å². The number of likely N-dealkylation sites (tertiary alicyclic amines) is 1. The van der Waals surface area contributed by atoms with E-state index in [1.807, 2.05) is 0 Å². The van der Waals surface area contributed by atoms with E-state index in [9.17, 15) is 0 Å². The molecule has 0 N–H and O–H groups in total. The molecule has 0 saturated carbocycles. The second-order valence-electron chi connectivity index (χ2n) is 4.29. The molecule has 1 nitrogen and oxygen atoms in total. The van der Waals surface area contributed by atoms with Crippen molar-refractivity contribution in [3.8, 4) is 0 Å². The van der Waals surface area contributed by atoms with Gasteiger partial charge in [-0.05, 0) is 31.8 Å². The lowest BCUT2D eigenvalue weighted by atomic mass is 9.99. The molecule has 2 unspecified atom stereocenters. The molecule has 0 aliphatic carbocycles. The van der Waals surface area contributed by atoms with Gasteiger partial charge in [-0.3, -0.25) is 0 Å². The van der Waals surface area contributed by atoms with Crippen molar-refractivity contribution in [1.82, 2.24) is 4.90 Å². The lowest BCUT2D eigenvalue weighted by Gasteiger charge is -2.34. The summed E-state index contributed by atoms with van der Waals surface area (Å²) in [5.41, 5.74) is 0. The first kappa shape index (κ1) is 11.5. The molecule has 0 bridgehead atoms. The Hall–Kier alpha value is 0.440. The highest BCUT2D eigenvalue weighted by Gasteiger charge is 2.23. The van der Waals surface area contributed by atoms with Gasteiger partial charge in [0.25, 0.3) is 0 Å². The van der Waals surface area contributed by atoms with Crippen LogP contribution in [-0.4, -0.2) is 29.4 Å². The van der Waals surface area contributed by atoms with Crippen LogP contribution in [0.2, 0.25) is 0 Å². The third kappa shape index (κ3) is 3.99. The number of rotatable bonds is 4. The normalized spacial score (nSPS) is 30.7. The molecule has 78 valence electrons. The fraction of sp³-hybridized carbons (Fsp3) is 1.00. The van der Waals surface area contributed by atoms with Gasteiger partial charge in [-0.1, -0.05) is 42.6 Å². The number of hydrogen-bond acceptors (Lipinski definition) is 1. The van der Waals surface area contributed by atoms with Gasteiger partial charge < -0.3 is 4.90 Å². The lowest BCUT2D eigenvalue weighted by Crippen LogP contribution is -2.40. The Morgan fingerprint density at radius 2 is 2.15 bits per heavy atom. The van der Waals surface area contributed by atoms with Gasteiger partial charge in [0.1, 0.15) is 0 Å². The SMILES string of the molecule is CCCCCN1CCC(C)C(Br)C1. The van der Waals surface area contributed by atoms with E-state index in [1.165, 1.54) is 45.3 Å². The molecule has 2 atom stereocenters. The minimum absolute atomic E-state index is 0.725. The van der Waals surface area contributed by atoms with Crippen LogP contribution in [0.25, 0.3) is 0 Å². The predicted octanol–water partition coefficient (Wildman–Crippen LogP) is 3.28. The van der Waals surface area contributed by atoms with E-state index in [1.54, 1.807) is 0 Å². The summed E-state index contributed by atoms with van der Waals surface area (Å²) in [4.78, 5) is 3.33. The standard InChI is InChI=1S/C11H22BrN/c1-3-4-5-7-13-8-6-10(2)11(12)9-13/h10-11H,3-9H2,1-2H3. The minimum Gasteiger partial charge on any atom is -0.302 e. The number of halogens is 1. The summed E-state index contributed by atoms with van der Waals surface area (Å²) >= 11 is 3.76. The maximum atomic E-state index is 3.76. The van der Waals surface area contributed by atoms with E-state index in [-0.39, 0.29) is 0 Å². The topological polar surface area (TPSA) is 3.24 Å². The summed E-state index contributed by atoms with van der Waals surface area (Å²) in [6.45, 7) is 8.49. The molecule has 1 rings (SSSR count). The minimum atomic E-state index is 0.725. The Morgan fingerprint density at radius 3 is 2.77 bits per heavy atom. The molecule has 0 spiro atoms. The zero-order valence-corrected chi connectivity index (χ0v) is 10.5. The molecule has 13 heavy (non-hydrogen) atoms. The number of alkyl halides is 1. The first-order chi connectivity index (χ1) is 6.24. The van der Waals surface area contributed by atoms with E-state index >= 15 is 0 Å². The van der Waals surface area contributed by atoms with Crippen LogP contribution in [0.15, 0.2) is 0 Å². The van der Waals surface area contributed by atoms with Crippen molar-refractivity contribution in [2.24, 2.45) is 5.92 Å². The van der Waals surface area contributed by atoms with Crippen molar-refractivity contribution < 1.29 is 0 Å². The van der Waals surface area contributed by atoms with Crippen LogP contribution in [0.5, 0.6) is 0 Å². The number of hydrogen-bond donors (Lipinski definition) is 0. The third-order valence-corrected chi connectivity index (χ3v) is 4.22. The summed E-state index contributed by atoms with van der Waals surface area (Å²) < 4.78 is 0. The first-order valence-corrected chi connectivity index (χ1v) is 6.52. The molecule has 0 amide bonds. The summed E-state index contributed by atoms with van der Waals surface area (Å²) in [5, 5.41) is 0. The fourth-order valence-corrected chi connectivity index (χ4v) is 2.55. The summed E-state index contributed by atoms with van der Waals surface area (Å²) in [7, 11) is 0. The van der Waals surface area contributed by atoms with Crippen molar-refractivity contribution in [2.45, 2.75) is 44.4 Å². The van der Waals surface area contributed by atoms with Crippen molar-refractivity contribution in [1.29, 1.82) is 0 Å². The van der Waals surface area contributed by atoms with Crippen LogP contribution < -0.4 is 0 Å². The average Bonchev–Trinajstić information content (AvgIpc) is 2.12. The molecular weight excluding hydrogens is 226 g/mol. The van der Waals surface area contributed by atoms with E-state index in [0.717, 1.165) is 10.7 Å². The fourth-order valence-electron chi connectivity index (χ4n) is 1.87. The maximum Gasteiger partial charge on any atom is 0.0299 e. The van der Waals surface area contributed by atoms with Crippen LogP contribution in [0.4, 0.5) is 0 Å².